The summed E-state index contributed by atoms with van der Waals surface area (Å²) in [6.45, 7) is 6.59. The Balaban J connectivity index is 1.56. The summed E-state index contributed by atoms with van der Waals surface area (Å²) in [5, 5.41) is 0. The van der Waals surface area contributed by atoms with Gasteiger partial charge in [-0.25, -0.2) is 0 Å². The van der Waals surface area contributed by atoms with Crippen LogP contribution in [0.1, 0.15) is 40.0 Å². The van der Waals surface area contributed by atoms with Crippen molar-refractivity contribution in [2.75, 3.05) is 6.61 Å². The Morgan fingerprint density at radius 3 is 2.69 bits per heavy atom. The molecule has 29 heavy (non-hydrogen) atoms. The molecule has 0 saturated heterocycles. The Kier molecular flexibility index (Phi) is 5.57. The van der Waals surface area contributed by atoms with E-state index in [1.807, 2.05) is 30.3 Å². The van der Waals surface area contributed by atoms with E-state index in [4.69, 9.17) is 4.74 Å². The molecule has 1 aliphatic rings. The van der Waals surface area contributed by atoms with Crippen molar-refractivity contribution in [2.24, 2.45) is 5.92 Å². The minimum Gasteiger partial charge on any atom is -0.493 e. The van der Waals surface area contributed by atoms with E-state index in [0.29, 0.717) is 30.4 Å². The largest absolute Gasteiger partial charge is 0.493 e. The molecule has 0 unspecified atom stereocenters. The summed E-state index contributed by atoms with van der Waals surface area (Å²) in [4.78, 5) is 17.3. The molecule has 0 spiro atoms. The number of aromatic nitrogens is 1. The summed E-state index contributed by atoms with van der Waals surface area (Å²) >= 11 is 0. The zero-order valence-corrected chi connectivity index (χ0v) is 16.7. The summed E-state index contributed by atoms with van der Waals surface area (Å²) < 4.78 is 5.93. The average Bonchev–Trinajstić information content (AvgIpc) is 3.58. The number of pyridine rings is 1. The van der Waals surface area contributed by atoms with Gasteiger partial charge >= 0.3 is 0 Å². The van der Waals surface area contributed by atoms with Crippen molar-refractivity contribution in [1.82, 2.24) is 4.98 Å². The molecule has 0 radical (unpaired) electrons. The second kappa shape index (κ2) is 8.44. The minimum absolute atomic E-state index is 0.00908. The standard InChI is InChI=1S/C26H25NO2/c1-3-20-16-27-24(15-26(20)29-17-19-12-13-19)25(28)14-22-10-7-11-23(18(22)2)21-8-5-4-6-9-21/h3-11,15-16,19H,1,12-14,17H2,2H3. The SMILES string of the molecule is C=Cc1cnc(C(=O)Cc2cccc(-c3ccccc3)c2C)cc1OCC1CC1. The molecule has 1 fully saturated rings. The monoisotopic (exact) mass is 383 g/mol. The fraction of sp³-hybridized carbons (Fsp3) is 0.231. The fourth-order valence-corrected chi connectivity index (χ4v) is 3.44. The van der Waals surface area contributed by atoms with Crippen molar-refractivity contribution in [3.8, 4) is 16.9 Å². The molecule has 0 aliphatic heterocycles. The summed E-state index contributed by atoms with van der Waals surface area (Å²) in [7, 11) is 0. The highest BCUT2D eigenvalue weighted by Crippen LogP contribution is 2.31. The van der Waals surface area contributed by atoms with Crippen molar-refractivity contribution in [1.29, 1.82) is 0 Å². The summed E-state index contributed by atoms with van der Waals surface area (Å²) in [6.07, 6.45) is 6.15. The van der Waals surface area contributed by atoms with Gasteiger partial charge in [-0.05, 0) is 47.9 Å². The van der Waals surface area contributed by atoms with Crippen LogP contribution in [0.15, 0.2) is 67.4 Å². The van der Waals surface area contributed by atoms with Crippen LogP contribution in [0, 0.1) is 12.8 Å². The Morgan fingerprint density at radius 2 is 1.97 bits per heavy atom. The third-order valence-electron chi connectivity index (χ3n) is 5.45. The van der Waals surface area contributed by atoms with Crippen LogP contribution in [0.3, 0.4) is 0 Å². The van der Waals surface area contributed by atoms with Crippen molar-refractivity contribution >= 4 is 11.9 Å². The van der Waals surface area contributed by atoms with Crippen molar-refractivity contribution in [2.45, 2.75) is 26.2 Å². The van der Waals surface area contributed by atoms with E-state index >= 15 is 0 Å². The molecule has 0 N–H and O–H groups in total. The van der Waals surface area contributed by atoms with Crippen LogP contribution in [0.2, 0.25) is 0 Å². The number of nitrogens with zero attached hydrogens (tertiary/aromatic N) is 1. The van der Waals surface area contributed by atoms with Gasteiger partial charge in [0.15, 0.2) is 5.78 Å². The average molecular weight is 383 g/mol. The van der Waals surface area contributed by atoms with Gasteiger partial charge in [0.25, 0.3) is 0 Å². The van der Waals surface area contributed by atoms with E-state index in [-0.39, 0.29) is 5.78 Å². The molecule has 1 saturated carbocycles. The second-order valence-electron chi connectivity index (χ2n) is 7.62. The van der Waals surface area contributed by atoms with Crippen LogP contribution in [0.4, 0.5) is 0 Å². The normalized spacial score (nSPS) is 13.1. The first kappa shape index (κ1) is 19.1. The quantitative estimate of drug-likeness (QED) is 0.454. The van der Waals surface area contributed by atoms with Crippen LogP contribution in [-0.2, 0) is 6.42 Å². The lowest BCUT2D eigenvalue weighted by molar-refractivity contribution is 0.0987. The second-order valence-corrected chi connectivity index (χ2v) is 7.62. The van der Waals surface area contributed by atoms with Gasteiger partial charge in [0.05, 0.1) is 6.61 Å². The third kappa shape index (κ3) is 4.45. The van der Waals surface area contributed by atoms with Crippen LogP contribution in [0.25, 0.3) is 17.2 Å². The van der Waals surface area contributed by atoms with Crippen molar-refractivity contribution < 1.29 is 9.53 Å². The van der Waals surface area contributed by atoms with Crippen molar-refractivity contribution in [3.05, 3.63) is 89.8 Å². The number of rotatable bonds is 8. The van der Waals surface area contributed by atoms with E-state index < -0.39 is 0 Å². The Bertz CT molecular complexity index is 1040. The Labute approximate surface area is 172 Å². The van der Waals surface area contributed by atoms with E-state index in [9.17, 15) is 4.79 Å². The topological polar surface area (TPSA) is 39.2 Å². The predicted molar refractivity (Wildman–Crippen MR) is 117 cm³/mol. The molecule has 3 nitrogen and oxygen atoms in total. The molecule has 1 aliphatic carbocycles. The smallest absolute Gasteiger partial charge is 0.185 e. The number of Topliss-reactive ketones (excluding diaryl/α,β-unsaturated/α-hetero) is 1. The van der Waals surface area contributed by atoms with Crippen LogP contribution >= 0.6 is 0 Å². The number of benzene rings is 2. The number of carbonyl (C=O) groups excluding carboxylic acids is 1. The van der Waals surface area contributed by atoms with Gasteiger partial charge in [0.1, 0.15) is 11.4 Å². The first-order valence-corrected chi connectivity index (χ1v) is 10.1. The molecule has 0 amide bonds. The molecule has 0 bridgehead atoms. The number of carbonyl (C=O) groups is 1. The van der Waals surface area contributed by atoms with Gasteiger partial charge in [-0.3, -0.25) is 9.78 Å². The van der Waals surface area contributed by atoms with Crippen molar-refractivity contribution in [3.63, 3.8) is 0 Å². The number of hydrogen-bond acceptors (Lipinski definition) is 3. The van der Waals surface area contributed by atoms with Gasteiger partial charge in [0, 0.05) is 24.2 Å². The predicted octanol–water partition coefficient (Wildman–Crippen LogP) is 5.91. The lowest BCUT2D eigenvalue weighted by atomic mass is 9.93. The number of ketones is 1. The first-order valence-electron chi connectivity index (χ1n) is 10.1. The zero-order chi connectivity index (χ0) is 20.2. The molecule has 2 aromatic carbocycles. The van der Waals surface area contributed by atoms with Gasteiger partial charge in [0.2, 0.25) is 0 Å². The highest BCUT2D eigenvalue weighted by molar-refractivity contribution is 5.96. The molecule has 1 heterocycles. The van der Waals surface area contributed by atoms with E-state index in [0.717, 1.165) is 27.8 Å². The minimum atomic E-state index is -0.00908. The van der Waals surface area contributed by atoms with Crippen LogP contribution in [-0.4, -0.2) is 17.4 Å². The lowest BCUT2D eigenvalue weighted by Crippen LogP contribution is -2.09. The Hall–Kier alpha value is -3.20. The molecule has 146 valence electrons. The van der Waals surface area contributed by atoms with Gasteiger partial charge in [-0.1, -0.05) is 61.2 Å². The summed E-state index contributed by atoms with van der Waals surface area (Å²) in [5.74, 6) is 1.33. The third-order valence-corrected chi connectivity index (χ3v) is 5.45. The van der Waals surface area contributed by atoms with Gasteiger partial charge < -0.3 is 4.74 Å². The summed E-state index contributed by atoms with van der Waals surface area (Å²) in [6, 6.07) is 18.1. The highest BCUT2D eigenvalue weighted by atomic mass is 16.5. The fourth-order valence-electron chi connectivity index (χ4n) is 3.44. The highest BCUT2D eigenvalue weighted by Gasteiger charge is 2.23. The van der Waals surface area contributed by atoms with E-state index in [2.05, 4.69) is 36.7 Å². The molecular weight excluding hydrogens is 358 g/mol. The number of ether oxygens (including phenoxy) is 1. The van der Waals surface area contributed by atoms with E-state index in [1.54, 1.807) is 18.3 Å². The zero-order valence-electron chi connectivity index (χ0n) is 16.7. The molecule has 4 rings (SSSR count). The maximum Gasteiger partial charge on any atom is 0.185 e. The maximum absolute atomic E-state index is 13.0. The lowest BCUT2D eigenvalue weighted by Gasteiger charge is -2.12. The van der Waals surface area contributed by atoms with Gasteiger partial charge in [-0.15, -0.1) is 0 Å². The maximum atomic E-state index is 13.0. The molecule has 3 aromatic rings. The Morgan fingerprint density at radius 1 is 1.17 bits per heavy atom. The molecule has 3 heteroatoms. The summed E-state index contributed by atoms with van der Waals surface area (Å²) in [5.41, 5.74) is 5.71. The first-order chi connectivity index (χ1) is 14.2. The number of hydrogen-bond donors (Lipinski definition) is 0. The molecular formula is C26H25NO2. The van der Waals surface area contributed by atoms with Crippen LogP contribution in [0.5, 0.6) is 5.75 Å². The van der Waals surface area contributed by atoms with Gasteiger partial charge in [-0.2, -0.15) is 0 Å². The van der Waals surface area contributed by atoms with Crippen LogP contribution < -0.4 is 4.74 Å². The van der Waals surface area contributed by atoms with E-state index in [1.165, 1.54) is 12.8 Å². The molecule has 0 atom stereocenters. The molecule has 1 aromatic heterocycles.